The van der Waals surface area contributed by atoms with Crippen LogP contribution in [0.15, 0.2) is 154 Å². The van der Waals surface area contributed by atoms with Gasteiger partial charge in [-0.05, 0) is 166 Å². The van der Waals surface area contributed by atoms with Crippen molar-refractivity contribution in [1.29, 1.82) is 0 Å². The number of fused-ring (bicyclic) bond motifs is 1. The number of rotatable bonds is 24. The van der Waals surface area contributed by atoms with E-state index in [1.165, 1.54) is 94.9 Å². The van der Waals surface area contributed by atoms with Gasteiger partial charge in [0.2, 0.25) is 0 Å². The van der Waals surface area contributed by atoms with E-state index < -0.39 is 35.1 Å². The van der Waals surface area contributed by atoms with Crippen LogP contribution in [0.3, 0.4) is 0 Å². The molecule has 0 spiro atoms. The fourth-order valence-electron chi connectivity index (χ4n) is 9.10. The number of hydrogen-bond donors (Lipinski definition) is 0. The molecule has 1 fully saturated rings. The number of hydroxylamine groups is 2. The average molecular weight is 987 g/mol. The molecule has 381 valence electrons. The maximum absolute atomic E-state index is 13.2. The van der Waals surface area contributed by atoms with E-state index in [1.807, 2.05) is 64.1 Å². The Morgan fingerprint density at radius 2 is 0.863 bits per heavy atom. The van der Waals surface area contributed by atoms with E-state index in [9.17, 15) is 19.6 Å². The van der Waals surface area contributed by atoms with Crippen molar-refractivity contribution in [3.63, 3.8) is 0 Å². The van der Waals surface area contributed by atoms with Crippen molar-refractivity contribution in [2.45, 2.75) is 142 Å². The molecule has 0 saturated carbocycles. The first kappa shape index (κ1) is 53.7. The number of benzene rings is 6. The molecule has 0 amide bonds. The van der Waals surface area contributed by atoms with Gasteiger partial charge in [-0.1, -0.05) is 89.7 Å². The van der Waals surface area contributed by atoms with Crippen molar-refractivity contribution in [2.24, 2.45) is 20.5 Å². The summed E-state index contributed by atoms with van der Waals surface area (Å²) >= 11 is 0. The highest BCUT2D eigenvalue weighted by molar-refractivity contribution is 5.97. The lowest BCUT2D eigenvalue weighted by Crippen LogP contribution is -2.60. The van der Waals surface area contributed by atoms with Crippen LogP contribution in [-0.4, -0.2) is 46.8 Å². The van der Waals surface area contributed by atoms with Crippen LogP contribution in [0.2, 0.25) is 0 Å². The summed E-state index contributed by atoms with van der Waals surface area (Å²) in [5.74, 6) is -0.304. The fourth-order valence-corrected chi connectivity index (χ4v) is 9.10. The molecule has 1 radical (unpaired) electrons. The summed E-state index contributed by atoms with van der Waals surface area (Å²) in [4.78, 5) is 39.3. The molecule has 0 bridgehead atoms. The van der Waals surface area contributed by atoms with Gasteiger partial charge in [0.1, 0.15) is 23.4 Å². The molecule has 1 aliphatic rings. The smallest absolute Gasteiger partial charge is 0.343 e. The van der Waals surface area contributed by atoms with Crippen LogP contribution in [0.4, 0.5) is 22.7 Å². The van der Waals surface area contributed by atoms with Crippen LogP contribution in [0.5, 0.6) is 17.2 Å². The Morgan fingerprint density at radius 3 is 1.41 bits per heavy atom. The molecule has 6 aromatic rings. The van der Waals surface area contributed by atoms with E-state index in [0.717, 1.165) is 34.9 Å². The number of nitrogens with zero attached hydrogens (tertiary/aromatic N) is 5. The van der Waals surface area contributed by atoms with E-state index in [0.29, 0.717) is 52.2 Å². The lowest BCUT2D eigenvalue weighted by molar-refractivity contribution is -0.298. The van der Waals surface area contributed by atoms with E-state index in [2.05, 4.69) is 27.4 Å². The summed E-state index contributed by atoms with van der Waals surface area (Å²) in [5, 5.41) is 32.6. The second kappa shape index (κ2) is 26.0. The summed E-state index contributed by atoms with van der Waals surface area (Å²) in [7, 11) is 0. The molecule has 73 heavy (non-hydrogen) atoms. The number of piperidine rings is 1. The zero-order valence-electron chi connectivity index (χ0n) is 42.9. The molecule has 0 aromatic heterocycles. The van der Waals surface area contributed by atoms with Gasteiger partial charge in [-0.15, -0.1) is 10.3 Å². The predicted molar refractivity (Wildman–Crippen MR) is 284 cm³/mol. The maximum Gasteiger partial charge on any atom is 0.343 e. The molecule has 7 rings (SSSR count). The van der Waals surface area contributed by atoms with Crippen LogP contribution in [-0.2, 0) is 9.94 Å². The predicted octanol–water partition coefficient (Wildman–Crippen LogP) is 16.7. The first-order valence-electron chi connectivity index (χ1n) is 25.8. The standard InChI is InChI=1S/C60H68N5O8/c1-6-7-8-9-10-11-12-13-14-15-16-17-38-70-52-36-31-51(32-37-52)64-63-50-29-27-49(28-30-50)62-61-48-25-20-44(21-26-48)56(66)72-54-35-22-43-18-19-46(39-47(43)40-54)58(68)71-53-33-23-45(24-34-53)57(67)73-55-41-59(2,3)65(69)60(4,5)42-55/h18-37,39-40,55H,6-17,38,41-42H2,1-5H3. The van der Waals surface area contributed by atoms with Gasteiger partial charge in [-0.3, -0.25) is 0 Å². The molecule has 1 saturated heterocycles. The quantitative estimate of drug-likeness (QED) is 0.0251. The van der Waals surface area contributed by atoms with Crippen molar-refractivity contribution in [2.75, 3.05) is 6.61 Å². The topological polar surface area (TPSA) is 161 Å². The Kier molecular flexibility index (Phi) is 19.2. The SMILES string of the molecule is CCCCCCCCCCCCCCOc1ccc(N=Nc2ccc(N=Nc3ccc(C(=O)Oc4ccc5ccc(C(=O)Oc6ccc(C(=O)OC7CC(C)(C)N([O])C(C)(C)C7)cc6)cc5c4)cc3)cc2)cc1. The zero-order valence-corrected chi connectivity index (χ0v) is 42.9. The summed E-state index contributed by atoms with van der Waals surface area (Å²) in [6.07, 6.45) is 16.3. The van der Waals surface area contributed by atoms with E-state index in [-0.39, 0.29) is 11.3 Å². The highest BCUT2D eigenvalue weighted by Crippen LogP contribution is 2.39. The number of azo groups is 2. The second-order valence-electron chi connectivity index (χ2n) is 20.1. The number of unbranched alkanes of at least 4 members (excludes halogenated alkanes) is 11. The normalized spacial score (nSPS) is 14.7. The minimum absolute atomic E-state index is 0.246. The Labute approximate surface area is 429 Å². The Bertz CT molecular complexity index is 2790. The third-order valence-electron chi connectivity index (χ3n) is 13.0. The van der Waals surface area contributed by atoms with Gasteiger partial charge in [0.15, 0.2) is 0 Å². The van der Waals surface area contributed by atoms with Gasteiger partial charge in [0.05, 0.1) is 46.0 Å². The summed E-state index contributed by atoms with van der Waals surface area (Å²) in [6, 6.07) is 37.8. The van der Waals surface area contributed by atoms with E-state index in [1.54, 1.807) is 72.8 Å². The largest absolute Gasteiger partial charge is 0.494 e. The number of carbonyl (C=O) groups excluding carboxylic acids is 3. The molecule has 6 aromatic carbocycles. The highest BCUT2D eigenvalue weighted by Gasteiger charge is 2.47. The minimum Gasteiger partial charge on any atom is -0.494 e. The van der Waals surface area contributed by atoms with E-state index in [4.69, 9.17) is 18.9 Å². The van der Waals surface area contributed by atoms with Crippen molar-refractivity contribution >= 4 is 51.4 Å². The van der Waals surface area contributed by atoms with Gasteiger partial charge >= 0.3 is 17.9 Å². The van der Waals surface area contributed by atoms with Gasteiger partial charge in [-0.2, -0.15) is 20.5 Å². The van der Waals surface area contributed by atoms with E-state index >= 15 is 0 Å². The molecule has 0 atom stereocenters. The number of esters is 3. The number of ether oxygens (including phenoxy) is 4. The Balaban J connectivity index is 0.821. The minimum atomic E-state index is -0.674. The Morgan fingerprint density at radius 1 is 0.466 bits per heavy atom. The second-order valence-corrected chi connectivity index (χ2v) is 20.1. The average Bonchev–Trinajstić information content (AvgIpc) is 3.38. The van der Waals surface area contributed by atoms with Crippen LogP contribution in [0.25, 0.3) is 10.8 Å². The monoisotopic (exact) mass is 987 g/mol. The van der Waals surface area contributed by atoms with Crippen molar-refractivity contribution in [3.8, 4) is 17.2 Å². The summed E-state index contributed by atoms with van der Waals surface area (Å²) in [5.41, 5.74) is 2.13. The lowest BCUT2D eigenvalue weighted by Gasteiger charge is -2.49. The van der Waals surface area contributed by atoms with Crippen LogP contribution >= 0.6 is 0 Å². The Hall–Kier alpha value is -7.09. The first-order chi connectivity index (χ1) is 35.2. The molecular weight excluding hydrogens is 919 g/mol. The lowest BCUT2D eigenvalue weighted by atomic mass is 9.80. The first-order valence-corrected chi connectivity index (χ1v) is 25.8. The molecule has 13 heteroatoms. The van der Waals surface area contributed by atoms with Crippen molar-refractivity contribution < 1.29 is 38.5 Å². The van der Waals surface area contributed by atoms with Gasteiger partial charge < -0.3 is 18.9 Å². The molecule has 0 aliphatic carbocycles. The maximum atomic E-state index is 13.2. The van der Waals surface area contributed by atoms with Gasteiger partial charge in [0.25, 0.3) is 0 Å². The molecule has 1 heterocycles. The summed E-state index contributed by atoms with van der Waals surface area (Å²) < 4.78 is 23.1. The van der Waals surface area contributed by atoms with Crippen LogP contribution in [0, 0.1) is 0 Å². The molecule has 0 unspecified atom stereocenters. The zero-order chi connectivity index (χ0) is 51.6. The molecular formula is C60H68N5O8. The number of carbonyl (C=O) groups is 3. The van der Waals surface area contributed by atoms with Crippen LogP contribution < -0.4 is 14.2 Å². The molecule has 13 nitrogen and oxygen atoms in total. The molecule has 1 aliphatic heterocycles. The fraction of sp³-hybridized carbons (Fsp3) is 0.383. The van der Waals surface area contributed by atoms with Crippen molar-refractivity contribution in [3.05, 3.63) is 150 Å². The third kappa shape index (κ3) is 16.2. The van der Waals surface area contributed by atoms with Gasteiger partial charge in [0, 0.05) is 23.9 Å². The van der Waals surface area contributed by atoms with Gasteiger partial charge in [-0.25, -0.2) is 14.4 Å². The van der Waals surface area contributed by atoms with Crippen LogP contribution in [0.1, 0.15) is 156 Å². The van der Waals surface area contributed by atoms with Crippen molar-refractivity contribution in [1.82, 2.24) is 5.06 Å². The third-order valence-corrected chi connectivity index (χ3v) is 13.0. The molecule has 0 N–H and O–H groups in total. The highest BCUT2D eigenvalue weighted by atomic mass is 16.6. The summed E-state index contributed by atoms with van der Waals surface area (Å²) in [6.45, 7) is 10.4. The number of hydrogen-bond acceptors (Lipinski definition) is 12.